The number of aromatic nitrogens is 2. The lowest BCUT2D eigenvalue weighted by atomic mass is 10.0. The SMILES string of the molecule is CCN1CCCC1COc1ccc2cc(-c3nn(C(N)=O)c4ccc(C(=O)OCC5CC5)cc34)ccc2c1. The summed E-state index contributed by atoms with van der Waals surface area (Å²) in [5.41, 5.74) is 7.98. The molecular formula is C30H32N4O4. The van der Waals surface area contributed by atoms with E-state index in [0.717, 1.165) is 48.0 Å². The first-order valence-corrected chi connectivity index (χ1v) is 13.4. The number of carbonyl (C=O) groups excluding carboxylic acids is 2. The van der Waals surface area contributed by atoms with Gasteiger partial charge in [-0.2, -0.15) is 9.78 Å². The number of rotatable bonds is 8. The van der Waals surface area contributed by atoms with Crippen LogP contribution in [-0.4, -0.2) is 59.0 Å². The molecule has 0 radical (unpaired) electrons. The molecule has 8 nitrogen and oxygen atoms in total. The van der Waals surface area contributed by atoms with E-state index in [0.29, 0.717) is 47.3 Å². The monoisotopic (exact) mass is 512 g/mol. The zero-order valence-electron chi connectivity index (χ0n) is 21.6. The molecule has 1 aromatic heterocycles. The van der Waals surface area contributed by atoms with Crippen LogP contribution in [0.2, 0.25) is 0 Å². The van der Waals surface area contributed by atoms with Crippen LogP contribution in [0.1, 0.15) is 43.0 Å². The molecule has 1 atom stereocenters. The number of carbonyl (C=O) groups is 2. The molecule has 2 aliphatic rings. The summed E-state index contributed by atoms with van der Waals surface area (Å²) in [7, 11) is 0. The molecule has 2 fully saturated rings. The van der Waals surface area contributed by atoms with Crippen molar-refractivity contribution in [2.24, 2.45) is 11.7 Å². The maximum absolute atomic E-state index is 12.6. The Kier molecular flexibility index (Phi) is 6.49. The molecule has 2 N–H and O–H groups in total. The third kappa shape index (κ3) is 4.84. The fraction of sp³-hybridized carbons (Fsp3) is 0.367. The van der Waals surface area contributed by atoms with E-state index < -0.39 is 6.03 Å². The number of amides is 1. The molecule has 1 saturated carbocycles. The van der Waals surface area contributed by atoms with E-state index >= 15 is 0 Å². The predicted molar refractivity (Wildman–Crippen MR) is 146 cm³/mol. The number of ether oxygens (including phenoxy) is 2. The molecule has 1 unspecified atom stereocenters. The summed E-state index contributed by atoms with van der Waals surface area (Å²) in [4.78, 5) is 27.2. The van der Waals surface area contributed by atoms with Crippen LogP contribution in [0.15, 0.2) is 54.6 Å². The van der Waals surface area contributed by atoms with Gasteiger partial charge in [0.25, 0.3) is 0 Å². The van der Waals surface area contributed by atoms with Gasteiger partial charge in [-0.3, -0.25) is 4.90 Å². The molecule has 1 aliphatic carbocycles. The molecule has 0 spiro atoms. The Hall–Kier alpha value is -3.91. The second-order valence-corrected chi connectivity index (χ2v) is 10.3. The van der Waals surface area contributed by atoms with E-state index in [4.69, 9.17) is 15.2 Å². The van der Waals surface area contributed by atoms with Gasteiger partial charge in [0.1, 0.15) is 18.1 Å². The van der Waals surface area contributed by atoms with Gasteiger partial charge in [0.05, 0.1) is 17.7 Å². The molecule has 1 saturated heterocycles. The van der Waals surface area contributed by atoms with Gasteiger partial charge < -0.3 is 15.2 Å². The lowest BCUT2D eigenvalue weighted by molar-refractivity contribution is 0.0486. The highest BCUT2D eigenvalue weighted by atomic mass is 16.5. The van der Waals surface area contributed by atoms with Crippen LogP contribution in [0, 0.1) is 5.92 Å². The van der Waals surface area contributed by atoms with Gasteiger partial charge in [0.15, 0.2) is 0 Å². The average molecular weight is 513 g/mol. The highest BCUT2D eigenvalue weighted by Crippen LogP contribution is 2.33. The molecule has 6 rings (SSSR count). The summed E-state index contributed by atoms with van der Waals surface area (Å²) in [6.07, 6.45) is 4.62. The summed E-state index contributed by atoms with van der Waals surface area (Å²) < 4.78 is 12.8. The number of likely N-dealkylation sites (N-methyl/N-ethyl adjacent to an activating group) is 1. The topological polar surface area (TPSA) is 99.7 Å². The van der Waals surface area contributed by atoms with E-state index in [1.165, 1.54) is 17.5 Å². The van der Waals surface area contributed by atoms with E-state index in [9.17, 15) is 9.59 Å². The quantitative estimate of drug-likeness (QED) is 0.325. The van der Waals surface area contributed by atoms with Crippen LogP contribution in [0.25, 0.3) is 32.9 Å². The van der Waals surface area contributed by atoms with Gasteiger partial charge in [-0.15, -0.1) is 0 Å². The highest BCUT2D eigenvalue weighted by molar-refractivity contribution is 6.03. The lowest BCUT2D eigenvalue weighted by Gasteiger charge is -2.22. The van der Waals surface area contributed by atoms with Crippen LogP contribution in [0.4, 0.5) is 4.79 Å². The van der Waals surface area contributed by atoms with Gasteiger partial charge in [-0.05, 0) is 91.9 Å². The minimum absolute atomic E-state index is 0.373. The molecule has 196 valence electrons. The van der Waals surface area contributed by atoms with Crippen molar-refractivity contribution in [3.05, 3.63) is 60.2 Å². The van der Waals surface area contributed by atoms with Crippen LogP contribution < -0.4 is 10.5 Å². The number of esters is 1. The number of hydrogen-bond donors (Lipinski definition) is 1. The second-order valence-electron chi connectivity index (χ2n) is 10.3. The van der Waals surface area contributed by atoms with Gasteiger partial charge in [0.2, 0.25) is 0 Å². The molecule has 0 bridgehead atoms. The van der Waals surface area contributed by atoms with Gasteiger partial charge in [-0.25, -0.2) is 9.59 Å². The molecular weight excluding hydrogens is 480 g/mol. The molecule has 1 aliphatic heterocycles. The Balaban J connectivity index is 1.29. The van der Waals surface area contributed by atoms with Crippen molar-refractivity contribution in [3.63, 3.8) is 0 Å². The minimum Gasteiger partial charge on any atom is -0.492 e. The van der Waals surface area contributed by atoms with E-state index in [-0.39, 0.29) is 5.97 Å². The number of hydrogen-bond acceptors (Lipinski definition) is 6. The van der Waals surface area contributed by atoms with E-state index in [2.05, 4.69) is 23.0 Å². The van der Waals surface area contributed by atoms with Gasteiger partial charge in [-0.1, -0.05) is 25.1 Å². The molecule has 38 heavy (non-hydrogen) atoms. The van der Waals surface area contributed by atoms with Crippen molar-refractivity contribution < 1.29 is 19.1 Å². The standard InChI is InChI=1S/C30H32N4O4/c1-2-33-13-3-4-24(33)18-37-25-11-9-20-14-22(8-7-21(20)15-25)28-26-16-23(29(35)38-17-19-5-6-19)10-12-27(26)34(32-28)30(31)36/h7-12,14-16,19,24H,2-6,13,17-18H2,1H3,(H2,31,36). The number of nitrogens with two attached hydrogens (primary N) is 1. The Morgan fingerprint density at radius 1 is 1.00 bits per heavy atom. The molecule has 2 heterocycles. The van der Waals surface area contributed by atoms with Crippen LogP contribution >= 0.6 is 0 Å². The second kappa shape index (κ2) is 10.1. The predicted octanol–water partition coefficient (Wildman–Crippen LogP) is 5.21. The van der Waals surface area contributed by atoms with Crippen molar-refractivity contribution >= 4 is 33.7 Å². The smallest absolute Gasteiger partial charge is 0.340 e. The average Bonchev–Trinajstić information content (AvgIpc) is 3.51. The molecule has 4 aromatic rings. The third-order valence-electron chi connectivity index (χ3n) is 7.70. The molecule has 1 amide bonds. The zero-order valence-corrected chi connectivity index (χ0v) is 21.6. The van der Waals surface area contributed by atoms with Crippen molar-refractivity contribution in [3.8, 4) is 17.0 Å². The fourth-order valence-electron chi connectivity index (χ4n) is 5.34. The van der Waals surface area contributed by atoms with Crippen molar-refractivity contribution in [1.82, 2.24) is 14.7 Å². The van der Waals surface area contributed by atoms with Crippen LogP contribution in [-0.2, 0) is 4.74 Å². The van der Waals surface area contributed by atoms with Crippen LogP contribution in [0.3, 0.4) is 0 Å². The third-order valence-corrected chi connectivity index (χ3v) is 7.70. The summed E-state index contributed by atoms with van der Waals surface area (Å²) in [5, 5.41) is 7.26. The zero-order chi connectivity index (χ0) is 26.2. The Bertz CT molecular complexity index is 1520. The first-order chi connectivity index (χ1) is 18.5. The van der Waals surface area contributed by atoms with Crippen molar-refractivity contribution in [1.29, 1.82) is 0 Å². The summed E-state index contributed by atoms with van der Waals surface area (Å²) in [5.74, 6) is 0.960. The molecule has 8 heteroatoms. The van der Waals surface area contributed by atoms with Crippen molar-refractivity contribution in [2.75, 3.05) is 26.3 Å². The Labute approximate surface area is 221 Å². The summed E-state index contributed by atoms with van der Waals surface area (Å²) >= 11 is 0. The minimum atomic E-state index is -0.684. The highest BCUT2D eigenvalue weighted by Gasteiger charge is 2.25. The van der Waals surface area contributed by atoms with Gasteiger partial charge in [0, 0.05) is 17.0 Å². The molecule has 3 aromatic carbocycles. The maximum Gasteiger partial charge on any atom is 0.340 e. The number of fused-ring (bicyclic) bond motifs is 2. The summed E-state index contributed by atoms with van der Waals surface area (Å²) in [6.45, 7) is 5.53. The first kappa shape index (κ1) is 24.4. The van der Waals surface area contributed by atoms with Crippen LogP contribution in [0.5, 0.6) is 5.75 Å². The first-order valence-electron chi connectivity index (χ1n) is 13.4. The van der Waals surface area contributed by atoms with E-state index in [1.807, 2.05) is 30.3 Å². The number of primary amides is 1. The Morgan fingerprint density at radius 3 is 2.61 bits per heavy atom. The number of nitrogens with zero attached hydrogens (tertiary/aromatic N) is 3. The fourth-order valence-corrected chi connectivity index (χ4v) is 5.34. The number of likely N-dealkylation sites (tertiary alicyclic amines) is 1. The maximum atomic E-state index is 12.6. The van der Waals surface area contributed by atoms with Gasteiger partial charge >= 0.3 is 12.0 Å². The van der Waals surface area contributed by atoms with Crippen molar-refractivity contribution in [2.45, 2.75) is 38.6 Å². The normalized spacial score (nSPS) is 17.8. The number of benzene rings is 3. The summed E-state index contributed by atoms with van der Waals surface area (Å²) in [6, 6.07) is 17.0. The largest absolute Gasteiger partial charge is 0.492 e. The lowest BCUT2D eigenvalue weighted by Crippen LogP contribution is -2.33. The van der Waals surface area contributed by atoms with E-state index in [1.54, 1.807) is 18.2 Å². The Morgan fingerprint density at radius 2 is 1.82 bits per heavy atom.